The average Bonchev–Trinajstić information content (AvgIpc) is 3.12. The van der Waals surface area contributed by atoms with Crippen LogP contribution in [0.25, 0.3) is 22.3 Å². The van der Waals surface area contributed by atoms with Crippen LogP contribution in [0.15, 0.2) is 48.9 Å². The van der Waals surface area contributed by atoms with Gasteiger partial charge in [-0.25, -0.2) is 15.0 Å². The monoisotopic (exact) mass is 358 g/mol. The van der Waals surface area contributed by atoms with Gasteiger partial charge in [-0.3, -0.25) is 0 Å². The summed E-state index contributed by atoms with van der Waals surface area (Å²) in [7, 11) is 0. The van der Waals surface area contributed by atoms with Crippen LogP contribution >= 0.6 is 0 Å². The molecule has 0 amide bonds. The number of nitrogens with one attached hydrogen (secondary N) is 1. The number of nitrogens with two attached hydrogens (primary N) is 1. The number of phenolic OH excluding ortho intramolecular Hbond substituents is 1. The molecule has 0 unspecified atom stereocenters. The minimum absolute atomic E-state index is 0.240. The van der Waals surface area contributed by atoms with Crippen LogP contribution in [-0.2, 0) is 13.0 Å². The summed E-state index contributed by atoms with van der Waals surface area (Å²) in [4.78, 5) is 18.3. The van der Waals surface area contributed by atoms with Gasteiger partial charge in [0, 0.05) is 42.8 Å². The van der Waals surface area contributed by atoms with Crippen molar-refractivity contribution in [2.24, 2.45) is 0 Å². The van der Waals surface area contributed by atoms with E-state index >= 15 is 0 Å². The standard InChI is InChI=1S/C20H18N6O/c21-20-23-7-4-15(25-20)13-10-24-19-18(13)16(5-8-22-19)26-9-6-12-2-1-3-17(27)14(12)11-26/h1-5,7-8,10,27H,6,9,11H2,(H,22,24)(H2,21,23,25). The third kappa shape index (κ3) is 2.55. The molecule has 0 aliphatic carbocycles. The zero-order valence-corrected chi connectivity index (χ0v) is 14.6. The number of aromatic hydroxyl groups is 1. The number of H-pyrrole nitrogens is 1. The Bertz CT molecular complexity index is 1150. The van der Waals surface area contributed by atoms with Gasteiger partial charge in [0.05, 0.1) is 16.8 Å². The second-order valence-electron chi connectivity index (χ2n) is 6.64. The molecule has 134 valence electrons. The SMILES string of the molecule is Nc1nccc(-c2c[nH]c3nccc(N4CCc5cccc(O)c5C4)c23)n1. The van der Waals surface area contributed by atoms with E-state index in [1.165, 1.54) is 5.56 Å². The third-order valence-electron chi connectivity index (χ3n) is 5.09. The molecule has 0 fully saturated rings. The number of fused-ring (bicyclic) bond motifs is 2. The summed E-state index contributed by atoms with van der Waals surface area (Å²) < 4.78 is 0. The van der Waals surface area contributed by atoms with Crippen LogP contribution in [0.1, 0.15) is 11.1 Å². The molecule has 0 saturated carbocycles. The second kappa shape index (κ2) is 5.98. The number of hydrogen-bond donors (Lipinski definition) is 3. The Balaban J connectivity index is 1.64. The minimum Gasteiger partial charge on any atom is -0.508 e. The maximum absolute atomic E-state index is 10.3. The number of nitrogens with zero attached hydrogens (tertiary/aromatic N) is 4. The molecule has 4 heterocycles. The zero-order chi connectivity index (χ0) is 18.4. The predicted octanol–water partition coefficient (Wildman–Crippen LogP) is 2.87. The van der Waals surface area contributed by atoms with Crippen molar-refractivity contribution in [3.63, 3.8) is 0 Å². The Kier molecular flexibility index (Phi) is 3.46. The van der Waals surface area contributed by atoms with Crippen molar-refractivity contribution in [1.82, 2.24) is 19.9 Å². The molecular weight excluding hydrogens is 340 g/mol. The van der Waals surface area contributed by atoms with E-state index in [4.69, 9.17) is 5.73 Å². The summed E-state index contributed by atoms with van der Waals surface area (Å²) in [6.45, 7) is 1.52. The lowest BCUT2D eigenvalue weighted by atomic mass is 9.98. The fourth-order valence-corrected chi connectivity index (χ4v) is 3.80. The normalized spacial score (nSPS) is 13.7. The van der Waals surface area contributed by atoms with Crippen LogP contribution in [0, 0.1) is 0 Å². The molecule has 0 saturated heterocycles. The summed E-state index contributed by atoms with van der Waals surface area (Å²) in [5, 5.41) is 11.3. The number of nitrogen functional groups attached to an aromatic ring is 1. The highest BCUT2D eigenvalue weighted by Crippen LogP contribution is 2.37. The van der Waals surface area contributed by atoms with E-state index in [1.807, 2.05) is 24.4 Å². The fourth-order valence-electron chi connectivity index (χ4n) is 3.80. The van der Waals surface area contributed by atoms with Gasteiger partial charge in [-0.1, -0.05) is 12.1 Å². The Labute approximate surface area is 155 Å². The highest BCUT2D eigenvalue weighted by molar-refractivity contribution is 6.02. The molecule has 7 heteroatoms. The lowest BCUT2D eigenvalue weighted by molar-refractivity contribution is 0.463. The molecule has 0 atom stereocenters. The first-order chi connectivity index (χ1) is 13.2. The molecule has 4 N–H and O–H groups in total. The number of aromatic nitrogens is 4. The number of pyridine rings is 1. The summed E-state index contributed by atoms with van der Waals surface area (Å²) >= 11 is 0. The van der Waals surface area contributed by atoms with Crippen molar-refractivity contribution in [3.8, 4) is 17.0 Å². The molecule has 1 aromatic carbocycles. The molecule has 1 aliphatic rings. The molecule has 0 radical (unpaired) electrons. The third-order valence-corrected chi connectivity index (χ3v) is 5.09. The first-order valence-corrected chi connectivity index (χ1v) is 8.80. The number of phenols is 1. The van der Waals surface area contributed by atoms with Crippen molar-refractivity contribution in [3.05, 3.63) is 60.0 Å². The van der Waals surface area contributed by atoms with Gasteiger partial charge in [0.15, 0.2) is 0 Å². The number of benzene rings is 1. The lowest BCUT2D eigenvalue weighted by Crippen LogP contribution is -2.30. The van der Waals surface area contributed by atoms with E-state index in [0.29, 0.717) is 12.3 Å². The molecule has 4 aromatic rings. The van der Waals surface area contributed by atoms with Gasteiger partial charge in [-0.15, -0.1) is 0 Å². The Hall–Kier alpha value is -3.61. The summed E-state index contributed by atoms with van der Waals surface area (Å²) in [5.41, 5.74) is 11.5. The minimum atomic E-state index is 0.240. The van der Waals surface area contributed by atoms with Gasteiger partial charge in [0.2, 0.25) is 5.95 Å². The molecule has 0 spiro atoms. The second-order valence-corrected chi connectivity index (χ2v) is 6.64. The van der Waals surface area contributed by atoms with Crippen LogP contribution in [0.2, 0.25) is 0 Å². The van der Waals surface area contributed by atoms with Gasteiger partial charge in [-0.2, -0.15) is 0 Å². The zero-order valence-electron chi connectivity index (χ0n) is 14.6. The van der Waals surface area contributed by atoms with Crippen molar-refractivity contribution in [1.29, 1.82) is 0 Å². The number of hydrogen-bond acceptors (Lipinski definition) is 6. The van der Waals surface area contributed by atoms with Crippen molar-refractivity contribution >= 4 is 22.7 Å². The topological polar surface area (TPSA) is 104 Å². The van der Waals surface area contributed by atoms with Gasteiger partial charge in [0.1, 0.15) is 11.4 Å². The first-order valence-electron chi connectivity index (χ1n) is 8.80. The maximum Gasteiger partial charge on any atom is 0.220 e. The van der Waals surface area contributed by atoms with Crippen LogP contribution in [-0.4, -0.2) is 31.6 Å². The van der Waals surface area contributed by atoms with Crippen LogP contribution in [0.3, 0.4) is 0 Å². The van der Waals surface area contributed by atoms with E-state index in [0.717, 1.165) is 46.5 Å². The van der Waals surface area contributed by atoms with Gasteiger partial charge in [0.25, 0.3) is 0 Å². The first kappa shape index (κ1) is 15.6. The van der Waals surface area contributed by atoms with Crippen molar-refractivity contribution in [2.75, 3.05) is 17.2 Å². The smallest absolute Gasteiger partial charge is 0.220 e. The quantitative estimate of drug-likeness (QED) is 0.509. The van der Waals surface area contributed by atoms with Gasteiger partial charge >= 0.3 is 0 Å². The molecule has 7 nitrogen and oxygen atoms in total. The summed E-state index contributed by atoms with van der Waals surface area (Å²) in [6.07, 6.45) is 6.24. The molecular formula is C20H18N6O. The van der Waals surface area contributed by atoms with Crippen molar-refractivity contribution < 1.29 is 5.11 Å². The highest BCUT2D eigenvalue weighted by atomic mass is 16.3. The largest absolute Gasteiger partial charge is 0.508 e. The van der Waals surface area contributed by atoms with E-state index < -0.39 is 0 Å². The Morgan fingerprint density at radius 3 is 2.89 bits per heavy atom. The Morgan fingerprint density at radius 2 is 2.00 bits per heavy atom. The van der Waals surface area contributed by atoms with E-state index in [9.17, 15) is 5.11 Å². The predicted molar refractivity (Wildman–Crippen MR) is 104 cm³/mol. The lowest BCUT2D eigenvalue weighted by Gasteiger charge is -2.31. The molecule has 27 heavy (non-hydrogen) atoms. The van der Waals surface area contributed by atoms with Crippen LogP contribution < -0.4 is 10.6 Å². The van der Waals surface area contributed by atoms with Crippen LogP contribution in [0.4, 0.5) is 11.6 Å². The number of aromatic amines is 1. The van der Waals surface area contributed by atoms with E-state index in [2.05, 4.69) is 30.9 Å². The average molecular weight is 358 g/mol. The van der Waals surface area contributed by atoms with Crippen molar-refractivity contribution in [2.45, 2.75) is 13.0 Å². The van der Waals surface area contributed by atoms with Crippen LogP contribution in [0.5, 0.6) is 5.75 Å². The maximum atomic E-state index is 10.3. The number of anilines is 2. The van der Waals surface area contributed by atoms with E-state index in [-0.39, 0.29) is 5.95 Å². The molecule has 5 rings (SSSR count). The molecule has 0 bridgehead atoms. The number of rotatable bonds is 2. The Morgan fingerprint density at radius 1 is 1.11 bits per heavy atom. The molecule has 1 aliphatic heterocycles. The highest BCUT2D eigenvalue weighted by Gasteiger charge is 2.22. The van der Waals surface area contributed by atoms with E-state index in [1.54, 1.807) is 18.5 Å². The summed E-state index contributed by atoms with van der Waals surface area (Å²) in [6, 6.07) is 9.58. The summed E-state index contributed by atoms with van der Waals surface area (Å²) in [5.74, 6) is 0.587. The fraction of sp³-hybridized carbons (Fsp3) is 0.150. The molecule has 3 aromatic heterocycles. The van der Waals surface area contributed by atoms with Gasteiger partial charge in [-0.05, 0) is 30.2 Å². The van der Waals surface area contributed by atoms with Gasteiger partial charge < -0.3 is 20.7 Å².